The van der Waals surface area contributed by atoms with Crippen LogP contribution in [-0.4, -0.2) is 17.7 Å². The van der Waals surface area contributed by atoms with Crippen molar-refractivity contribution in [1.29, 1.82) is 0 Å². The molecule has 0 aliphatic rings. The van der Waals surface area contributed by atoms with Gasteiger partial charge in [0.2, 0.25) is 0 Å². The largest absolute Gasteiger partial charge is 0.477 e. The summed E-state index contributed by atoms with van der Waals surface area (Å²) in [7, 11) is 0. The minimum Gasteiger partial charge on any atom is -0.477 e. The Morgan fingerprint density at radius 2 is 1.93 bits per heavy atom. The van der Waals surface area contributed by atoms with Gasteiger partial charge in [0.05, 0.1) is 0 Å². The Morgan fingerprint density at radius 1 is 1.33 bits per heavy atom. The van der Waals surface area contributed by atoms with Crippen LogP contribution in [0.15, 0.2) is 12.1 Å². The summed E-state index contributed by atoms with van der Waals surface area (Å²) < 4.78 is 52.9. The molecule has 3 nitrogen and oxygen atoms in total. The van der Waals surface area contributed by atoms with E-state index in [0.29, 0.717) is 12.1 Å². The molecular weight excluding hydrogens is 220 g/mol. The highest BCUT2D eigenvalue weighted by Crippen LogP contribution is 2.24. The average Bonchev–Trinajstić information content (AvgIpc) is 2.09. The molecule has 0 fully saturated rings. The predicted molar refractivity (Wildman–Crippen MR) is 39.9 cm³/mol. The molecule has 0 bridgehead atoms. The molecule has 0 radical (unpaired) electrons. The Hall–Kier alpha value is -1.79. The van der Waals surface area contributed by atoms with Crippen molar-refractivity contribution in [3.63, 3.8) is 0 Å². The molecule has 15 heavy (non-hydrogen) atoms. The van der Waals surface area contributed by atoms with E-state index in [1.54, 1.807) is 0 Å². The molecule has 1 N–H and O–H groups in total. The van der Waals surface area contributed by atoms with Crippen LogP contribution in [0.25, 0.3) is 0 Å². The van der Waals surface area contributed by atoms with E-state index in [0.717, 1.165) is 0 Å². The first-order valence-electron chi connectivity index (χ1n) is 3.59. The van der Waals surface area contributed by atoms with E-state index in [1.165, 1.54) is 0 Å². The van der Waals surface area contributed by atoms with Crippen molar-refractivity contribution in [2.75, 3.05) is 0 Å². The Kier molecular flexibility index (Phi) is 3.13. The lowest BCUT2D eigenvalue weighted by Crippen LogP contribution is -2.09. The van der Waals surface area contributed by atoms with Crippen molar-refractivity contribution in [3.8, 4) is 5.75 Å². The predicted octanol–water partition coefficient (Wildman–Crippen LogP) is 2.26. The number of benzene rings is 1. The maximum absolute atomic E-state index is 13.1. The van der Waals surface area contributed by atoms with E-state index in [2.05, 4.69) is 4.74 Å². The molecule has 0 aromatic heterocycles. The smallest absolute Gasteiger partial charge is 0.387 e. The van der Waals surface area contributed by atoms with Gasteiger partial charge < -0.3 is 9.84 Å². The highest BCUT2D eigenvalue weighted by Gasteiger charge is 2.22. The van der Waals surface area contributed by atoms with Crippen molar-refractivity contribution in [3.05, 3.63) is 29.3 Å². The molecule has 0 spiro atoms. The molecule has 1 rings (SSSR count). The van der Waals surface area contributed by atoms with Crippen LogP contribution in [0.1, 0.15) is 10.4 Å². The number of carboxylic acid groups (broad SMARTS) is 1. The maximum Gasteiger partial charge on any atom is 0.387 e. The molecule has 0 atom stereocenters. The van der Waals surface area contributed by atoms with Crippen LogP contribution in [0.2, 0.25) is 0 Å². The zero-order chi connectivity index (χ0) is 11.6. The van der Waals surface area contributed by atoms with E-state index in [-0.39, 0.29) is 0 Å². The van der Waals surface area contributed by atoms with Crippen molar-refractivity contribution < 1.29 is 32.2 Å². The Morgan fingerprint density at radius 3 is 2.40 bits per heavy atom. The van der Waals surface area contributed by atoms with E-state index < -0.39 is 35.5 Å². The second-order valence-corrected chi connectivity index (χ2v) is 2.42. The van der Waals surface area contributed by atoms with Gasteiger partial charge in [0.1, 0.15) is 11.4 Å². The first-order chi connectivity index (χ1) is 6.93. The molecule has 0 heterocycles. The third-order valence-corrected chi connectivity index (χ3v) is 1.49. The quantitative estimate of drug-likeness (QED) is 0.801. The van der Waals surface area contributed by atoms with E-state index in [4.69, 9.17) is 5.11 Å². The van der Waals surface area contributed by atoms with Gasteiger partial charge in [-0.15, -0.1) is 0 Å². The van der Waals surface area contributed by atoms with Gasteiger partial charge in [-0.2, -0.15) is 8.78 Å². The third-order valence-electron chi connectivity index (χ3n) is 1.49. The summed E-state index contributed by atoms with van der Waals surface area (Å²) in [6.07, 6.45) is 0. The van der Waals surface area contributed by atoms with Crippen LogP contribution >= 0.6 is 0 Å². The van der Waals surface area contributed by atoms with Crippen molar-refractivity contribution in [2.24, 2.45) is 0 Å². The molecule has 0 saturated carbocycles. The minimum atomic E-state index is -3.31. The van der Waals surface area contributed by atoms with Gasteiger partial charge in [0.15, 0.2) is 11.6 Å². The van der Waals surface area contributed by atoms with Crippen LogP contribution < -0.4 is 4.74 Å². The van der Waals surface area contributed by atoms with Crippen LogP contribution in [0.5, 0.6) is 5.75 Å². The van der Waals surface area contributed by atoms with Crippen molar-refractivity contribution in [1.82, 2.24) is 0 Å². The van der Waals surface area contributed by atoms with E-state index in [9.17, 15) is 22.4 Å². The Balaban J connectivity index is 3.22. The van der Waals surface area contributed by atoms with Crippen LogP contribution in [0.4, 0.5) is 17.6 Å². The first kappa shape index (κ1) is 11.3. The summed E-state index contributed by atoms with van der Waals surface area (Å²) in [5, 5.41) is 8.38. The number of alkyl halides is 2. The zero-order valence-electron chi connectivity index (χ0n) is 7.01. The van der Waals surface area contributed by atoms with Gasteiger partial charge in [-0.25, -0.2) is 13.6 Å². The molecule has 7 heteroatoms. The number of halogens is 4. The van der Waals surface area contributed by atoms with E-state index >= 15 is 0 Å². The second-order valence-electron chi connectivity index (χ2n) is 2.42. The summed E-state index contributed by atoms with van der Waals surface area (Å²) in [5.74, 6) is -5.93. The van der Waals surface area contributed by atoms with E-state index in [1.807, 2.05) is 0 Å². The molecule has 1 aromatic rings. The molecule has 1 aromatic carbocycles. The van der Waals surface area contributed by atoms with Gasteiger partial charge >= 0.3 is 12.6 Å². The van der Waals surface area contributed by atoms with Gasteiger partial charge in [-0.05, 0) is 12.1 Å². The SMILES string of the molecule is O=C(O)c1c(F)ccc(OC(F)F)c1F. The summed E-state index contributed by atoms with van der Waals surface area (Å²) in [6.45, 7) is -3.31. The van der Waals surface area contributed by atoms with Crippen LogP contribution in [-0.2, 0) is 0 Å². The Bertz CT molecular complexity index is 392. The number of aromatic carboxylic acids is 1. The third kappa shape index (κ3) is 2.36. The number of carbonyl (C=O) groups is 1. The molecule has 82 valence electrons. The average molecular weight is 224 g/mol. The van der Waals surface area contributed by atoms with Crippen LogP contribution in [0.3, 0.4) is 0 Å². The first-order valence-corrected chi connectivity index (χ1v) is 3.59. The molecule has 0 aliphatic heterocycles. The molecule has 0 amide bonds. The monoisotopic (exact) mass is 224 g/mol. The highest BCUT2D eigenvalue weighted by atomic mass is 19.3. The molecular formula is C8H4F4O3. The normalized spacial score (nSPS) is 10.5. The maximum atomic E-state index is 13.1. The van der Waals surface area contributed by atoms with Gasteiger partial charge in [0, 0.05) is 0 Å². The summed E-state index contributed by atoms with van der Waals surface area (Å²) >= 11 is 0. The Labute approximate surface area is 80.9 Å². The molecule has 0 aliphatic carbocycles. The van der Waals surface area contributed by atoms with Gasteiger partial charge in [-0.3, -0.25) is 0 Å². The number of hydrogen-bond acceptors (Lipinski definition) is 2. The topological polar surface area (TPSA) is 46.5 Å². The summed E-state index contributed by atoms with van der Waals surface area (Å²) in [6, 6.07) is 1.12. The van der Waals surface area contributed by atoms with Crippen molar-refractivity contribution >= 4 is 5.97 Å². The number of carboxylic acids is 1. The highest BCUT2D eigenvalue weighted by molar-refractivity contribution is 5.88. The van der Waals surface area contributed by atoms with Crippen LogP contribution in [0, 0.1) is 11.6 Å². The summed E-state index contributed by atoms with van der Waals surface area (Å²) in [5.41, 5.74) is -1.33. The second kappa shape index (κ2) is 4.16. The molecule has 0 unspecified atom stereocenters. The molecule has 0 saturated heterocycles. The fourth-order valence-electron chi connectivity index (χ4n) is 0.916. The number of rotatable bonds is 3. The minimum absolute atomic E-state index is 0.532. The van der Waals surface area contributed by atoms with Crippen molar-refractivity contribution in [2.45, 2.75) is 6.61 Å². The summed E-state index contributed by atoms with van der Waals surface area (Å²) in [4.78, 5) is 10.4. The number of ether oxygens (including phenoxy) is 1. The standard InChI is InChI=1S/C8H4F4O3/c9-3-1-2-4(15-8(11)12)6(10)5(3)7(13)14/h1-2,8H,(H,13,14). The van der Waals surface area contributed by atoms with Gasteiger partial charge in [-0.1, -0.05) is 0 Å². The zero-order valence-corrected chi connectivity index (χ0v) is 7.01. The lowest BCUT2D eigenvalue weighted by molar-refractivity contribution is -0.0524. The van der Waals surface area contributed by atoms with Gasteiger partial charge in [0.25, 0.3) is 0 Å². The lowest BCUT2D eigenvalue weighted by Gasteiger charge is -2.07. The number of hydrogen-bond donors (Lipinski definition) is 1. The fourth-order valence-corrected chi connectivity index (χ4v) is 0.916. The fraction of sp³-hybridized carbons (Fsp3) is 0.125. The lowest BCUT2D eigenvalue weighted by atomic mass is 10.2.